The van der Waals surface area contributed by atoms with Gasteiger partial charge in [-0.1, -0.05) is 0 Å². The van der Waals surface area contributed by atoms with Crippen LogP contribution in [0.2, 0.25) is 0 Å². The Labute approximate surface area is 94.1 Å². The van der Waals surface area contributed by atoms with Crippen LogP contribution in [0.15, 0.2) is 10.4 Å². The van der Waals surface area contributed by atoms with Gasteiger partial charge in [-0.3, -0.25) is 0 Å². The molecule has 18 heavy (non-hydrogen) atoms. The third-order valence-corrected chi connectivity index (χ3v) is 1.31. The van der Waals surface area contributed by atoms with E-state index in [9.17, 15) is 20.2 Å². The minimum absolute atomic E-state index is 0.410. The number of hydrogen-bond acceptors (Lipinski definition) is 12. The smallest absolute Gasteiger partial charge is 0.390 e. The normalized spacial score (nSPS) is 10.9. The zero-order chi connectivity index (χ0) is 13.1. The Balaban J connectivity index is 2.13. The van der Waals surface area contributed by atoms with Gasteiger partial charge < -0.3 is 20.2 Å². The molecule has 0 atom stereocenters. The first-order valence-electron chi connectivity index (χ1n) is 3.87. The van der Waals surface area contributed by atoms with Gasteiger partial charge >= 0.3 is 11.9 Å². The molecule has 0 fully saturated rings. The molecule has 0 aromatic carbocycles. The zero-order valence-electron chi connectivity index (χ0n) is 8.00. The minimum Gasteiger partial charge on any atom is -0.390 e. The van der Waals surface area contributed by atoms with Crippen LogP contribution >= 0.6 is 0 Å². The molecule has 0 aliphatic carbocycles. The summed E-state index contributed by atoms with van der Waals surface area (Å²) in [6.07, 6.45) is 0. The van der Waals surface area contributed by atoms with E-state index >= 15 is 0 Å². The largest absolute Gasteiger partial charge is 0.516 e. The van der Waals surface area contributed by atoms with Crippen molar-refractivity contribution < 1.29 is 9.85 Å². The molecule has 16 heteroatoms. The highest BCUT2D eigenvalue weighted by Crippen LogP contribution is 1.98. The summed E-state index contributed by atoms with van der Waals surface area (Å²) in [6.45, 7) is 0. The fourth-order valence-corrected chi connectivity index (χ4v) is 0.693. The third kappa shape index (κ3) is 2.20. The molecule has 16 nitrogen and oxygen atoms in total. The van der Waals surface area contributed by atoms with Crippen molar-refractivity contribution in [1.82, 2.24) is 40.6 Å². The molecule has 0 spiro atoms. The van der Waals surface area contributed by atoms with E-state index in [4.69, 9.17) is 0 Å². The van der Waals surface area contributed by atoms with E-state index in [1.54, 1.807) is 0 Å². The number of rotatable bonds is 4. The number of tetrazole rings is 2. The van der Waals surface area contributed by atoms with Crippen LogP contribution in [0.5, 0.6) is 0 Å². The van der Waals surface area contributed by atoms with Crippen LogP contribution in [0.25, 0.3) is 0 Å². The summed E-state index contributed by atoms with van der Waals surface area (Å²) in [5.41, 5.74) is 0. The number of aromatic nitrogens is 8. The molecule has 92 valence electrons. The summed E-state index contributed by atoms with van der Waals surface area (Å²) in [5, 5.41) is 45.5. The van der Waals surface area contributed by atoms with Gasteiger partial charge in [0.25, 0.3) is 0 Å². The molecule has 0 amide bonds. The second-order valence-electron chi connectivity index (χ2n) is 2.41. The van der Waals surface area contributed by atoms with Crippen molar-refractivity contribution in [2.75, 3.05) is 0 Å². The lowest BCUT2D eigenvalue weighted by Crippen LogP contribution is -1.98. The van der Waals surface area contributed by atoms with Crippen molar-refractivity contribution in [2.24, 2.45) is 10.4 Å². The van der Waals surface area contributed by atoms with Crippen LogP contribution in [-0.2, 0) is 0 Å². The Morgan fingerprint density at radius 3 is 1.56 bits per heavy atom. The van der Waals surface area contributed by atoms with Gasteiger partial charge in [-0.2, -0.15) is 0 Å². The monoisotopic (exact) mass is 256 g/mol. The SMILES string of the molecule is O=[N+]([O-])c1nnn(/N=N/n2nnc([N+](=O)[O-])n2)n1. The van der Waals surface area contributed by atoms with Gasteiger partial charge in [0.1, 0.15) is 0 Å². The van der Waals surface area contributed by atoms with Gasteiger partial charge in [-0.25, -0.2) is 0 Å². The van der Waals surface area contributed by atoms with Crippen molar-refractivity contribution in [1.29, 1.82) is 0 Å². The van der Waals surface area contributed by atoms with Gasteiger partial charge in [0, 0.05) is 10.4 Å². The second kappa shape index (κ2) is 4.19. The second-order valence-corrected chi connectivity index (χ2v) is 2.41. The third-order valence-electron chi connectivity index (χ3n) is 1.31. The van der Waals surface area contributed by atoms with Crippen LogP contribution in [0.3, 0.4) is 0 Å². The van der Waals surface area contributed by atoms with Crippen molar-refractivity contribution in [3.8, 4) is 0 Å². The highest BCUT2D eigenvalue weighted by atomic mass is 16.6. The van der Waals surface area contributed by atoms with Crippen LogP contribution in [0.4, 0.5) is 11.9 Å². The van der Waals surface area contributed by atoms with Gasteiger partial charge in [0.2, 0.25) is 0 Å². The molecule has 0 radical (unpaired) electrons. The molecule has 0 aliphatic heterocycles. The van der Waals surface area contributed by atoms with Crippen molar-refractivity contribution in [2.45, 2.75) is 0 Å². The van der Waals surface area contributed by atoms with Crippen molar-refractivity contribution in [3.63, 3.8) is 0 Å². The Hall–Kier alpha value is -3.46. The minimum atomic E-state index is -0.891. The Morgan fingerprint density at radius 1 is 0.889 bits per heavy atom. The first-order chi connectivity index (χ1) is 8.56. The highest BCUT2D eigenvalue weighted by Gasteiger charge is 2.17. The summed E-state index contributed by atoms with van der Waals surface area (Å²) in [7, 11) is 0. The lowest BCUT2D eigenvalue weighted by Gasteiger charge is -1.81. The van der Waals surface area contributed by atoms with Gasteiger partial charge in [-0.15, -0.1) is 0 Å². The van der Waals surface area contributed by atoms with E-state index in [-0.39, 0.29) is 0 Å². The summed E-state index contributed by atoms with van der Waals surface area (Å²) in [6, 6.07) is 0. The molecular formula is C2N12O4. The topological polar surface area (TPSA) is 198 Å². The molecular weight excluding hydrogens is 256 g/mol. The predicted octanol–water partition coefficient (Wildman–Crippen LogP) is -1.85. The number of nitrogens with zero attached hydrogens (tertiary/aromatic N) is 12. The summed E-state index contributed by atoms with van der Waals surface area (Å²) in [5.74, 6) is -1.57. The highest BCUT2D eigenvalue weighted by molar-refractivity contribution is 4.93. The maximum absolute atomic E-state index is 10.2. The van der Waals surface area contributed by atoms with Crippen LogP contribution in [-0.4, -0.2) is 50.5 Å². The molecule has 0 saturated heterocycles. The Morgan fingerprint density at radius 2 is 1.28 bits per heavy atom. The van der Waals surface area contributed by atoms with Gasteiger partial charge in [0.15, 0.2) is 0 Å². The molecule has 2 aromatic heterocycles. The lowest BCUT2D eigenvalue weighted by atomic mass is 11.1. The average Bonchev–Trinajstić information content (AvgIpc) is 2.95. The average molecular weight is 256 g/mol. The summed E-state index contributed by atoms with van der Waals surface area (Å²) < 4.78 is 0. The Kier molecular flexibility index (Phi) is 2.57. The molecule has 0 unspecified atom stereocenters. The Bertz CT molecular complexity index is 567. The lowest BCUT2D eigenvalue weighted by molar-refractivity contribution is -0.394. The zero-order valence-corrected chi connectivity index (χ0v) is 8.00. The van der Waals surface area contributed by atoms with E-state index in [1.165, 1.54) is 0 Å². The first-order valence-corrected chi connectivity index (χ1v) is 3.87. The molecule has 0 aliphatic rings. The fraction of sp³-hybridized carbons (Fsp3) is 0. The molecule has 2 heterocycles. The van der Waals surface area contributed by atoms with Crippen molar-refractivity contribution >= 4 is 11.9 Å². The molecule has 0 saturated carbocycles. The summed E-state index contributed by atoms with van der Waals surface area (Å²) >= 11 is 0. The van der Waals surface area contributed by atoms with Gasteiger partial charge in [-0.05, 0) is 9.85 Å². The van der Waals surface area contributed by atoms with E-state index in [0.717, 1.165) is 0 Å². The van der Waals surface area contributed by atoms with E-state index in [2.05, 4.69) is 41.3 Å². The molecule has 2 aromatic rings. The molecule has 2 rings (SSSR count). The maximum Gasteiger partial charge on any atom is 0.516 e. The standard InChI is InChI=1S/C2N12O4/c15-11(16)1-3-7-13(5-1)9-10-14-6-2(4-8-14)12(17)18/b10-9+. The van der Waals surface area contributed by atoms with E-state index < -0.39 is 21.7 Å². The molecule has 0 N–H and O–H groups in total. The van der Waals surface area contributed by atoms with Crippen LogP contribution < -0.4 is 0 Å². The molecule has 0 bridgehead atoms. The number of hydrogen-bond donors (Lipinski definition) is 0. The quantitative estimate of drug-likeness (QED) is 0.339. The van der Waals surface area contributed by atoms with Crippen LogP contribution in [0, 0.1) is 20.2 Å². The summed E-state index contributed by atoms with van der Waals surface area (Å²) in [4.78, 5) is 19.5. The van der Waals surface area contributed by atoms with Crippen molar-refractivity contribution in [3.05, 3.63) is 20.2 Å². The fourth-order valence-electron chi connectivity index (χ4n) is 0.693. The van der Waals surface area contributed by atoms with Crippen LogP contribution in [0.1, 0.15) is 0 Å². The first kappa shape index (κ1) is 11.0. The number of nitro groups is 2. The van der Waals surface area contributed by atoms with Gasteiger partial charge in [0.05, 0.1) is 40.6 Å². The predicted molar refractivity (Wildman–Crippen MR) is 44.6 cm³/mol. The van der Waals surface area contributed by atoms with E-state index in [1.807, 2.05) is 0 Å². The maximum atomic E-state index is 10.2. The van der Waals surface area contributed by atoms with E-state index in [0.29, 0.717) is 9.81 Å².